The zero-order chi connectivity index (χ0) is 18.0. The van der Waals surface area contributed by atoms with Crippen LogP contribution in [0.5, 0.6) is 0 Å². The summed E-state index contributed by atoms with van der Waals surface area (Å²) in [6.45, 7) is 4.13. The molecule has 2 aromatic rings. The molecule has 0 bridgehead atoms. The molecule has 7 heteroatoms. The Labute approximate surface area is 144 Å². The van der Waals surface area contributed by atoms with Crippen LogP contribution in [0.2, 0.25) is 0 Å². The van der Waals surface area contributed by atoms with E-state index in [1.165, 1.54) is 18.2 Å². The Balaban J connectivity index is 1.83. The minimum atomic E-state index is -0.570. The quantitative estimate of drug-likeness (QED) is 0.554. The molecule has 0 aromatic heterocycles. The number of para-hydroxylation sites is 1. The maximum atomic E-state index is 12.4. The summed E-state index contributed by atoms with van der Waals surface area (Å²) in [4.78, 5) is 26.2. The second kappa shape index (κ2) is 6.35. The second-order valence-corrected chi connectivity index (χ2v) is 6.57. The molecule has 25 heavy (non-hydrogen) atoms. The standard InChI is InChI=1S/C18H18N4O3/c1-18(2)11-12-7-3-4-8-13(12)16(19-18)20-21-17(23)14-9-5-6-10-15(14)22(24)25/h3-10H,11H2,1-2H3,(H,19,20)(H,21,23)/p+1. The van der Waals surface area contributed by atoms with E-state index in [0.29, 0.717) is 5.84 Å². The average molecular weight is 339 g/mol. The van der Waals surface area contributed by atoms with Crippen molar-refractivity contribution in [3.8, 4) is 0 Å². The van der Waals surface area contributed by atoms with Crippen LogP contribution in [0.4, 0.5) is 5.69 Å². The van der Waals surface area contributed by atoms with Crippen molar-refractivity contribution in [3.63, 3.8) is 0 Å². The highest BCUT2D eigenvalue weighted by molar-refractivity contribution is 6.01. The molecule has 0 fully saturated rings. The van der Waals surface area contributed by atoms with Crippen molar-refractivity contribution in [3.05, 3.63) is 75.3 Å². The van der Waals surface area contributed by atoms with Gasteiger partial charge in [0, 0.05) is 12.5 Å². The SMILES string of the molecule is CC1(C)Cc2ccccc2C(NNC(=O)c2ccccc2[N+](=O)[O-])=[NH+]1. The molecule has 0 spiro atoms. The Morgan fingerprint density at radius 3 is 2.60 bits per heavy atom. The van der Waals surface area contributed by atoms with Gasteiger partial charge in [0.1, 0.15) is 11.1 Å². The maximum absolute atomic E-state index is 12.4. The predicted molar refractivity (Wildman–Crippen MR) is 93.0 cm³/mol. The van der Waals surface area contributed by atoms with Crippen LogP contribution in [-0.4, -0.2) is 22.2 Å². The van der Waals surface area contributed by atoms with E-state index in [1.54, 1.807) is 6.07 Å². The largest absolute Gasteiger partial charge is 0.299 e. The number of carbonyl (C=O) groups is 1. The van der Waals surface area contributed by atoms with Crippen LogP contribution in [0.15, 0.2) is 48.5 Å². The normalized spacial score (nSPS) is 14.9. The minimum absolute atomic E-state index is 0.00366. The van der Waals surface area contributed by atoms with E-state index in [2.05, 4.69) is 29.7 Å². The number of amidine groups is 1. The number of hydrogen-bond donors (Lipinski definition) is 3. The first-order chi connectivity index (χ1) is 11.9. The fraction of sp³-hybridized carbons (Fsp3) is 0.222. The van der Waals surface area contributed by atoms with Gasteiger partial charge < -0.3 is 0 Å². The third-order valence-corrected chi connectivity index (χ3v) is 4.03. The summed E-state index contributed by atoms with van der Waals surface area (Å²) in [5.41, 5.74) is 7.15. The third-order valence-electron chi connectivity index (χ3n) is 4.03. The molecule has 1 aliphatic rings. The van der Waals surface area contributed by atoms with Crippen LogP contribution < -0.4 is 15.8 Å². The van der Waals surface area contributed by atoms with Crippen LogP contribution >= 0.6 is 0 Å². The number of benzene rings is 2. The number of amides is 1. The van der Waals surface area contributed by atoms with Crippen LogP contribution in [0, 0.1) is 10.1 Å². The van der Waals surface area contributed by atoms with Crippen molar-refractivity contribution >= 4 is 17.4 Å². The van der Waals surface area contributed by atoms with Crippen molar-refractivity contribution in [1.29, 1.82) is 0 Å². The van der Waals surface area contributed by atoms with E-state index in [1.807, 2.05) is 24.3 Å². The van der Waals surface area contributed by atoms with Crippen molar-refractivity contribution in [2.75, 3.05) is 0 Å². The van der Waals surface area contributed by atoms with E-state index in [4.69, 9.17) is 0 Å². The lowest BCUT2D eigenvalue weighted by Gasteiger charge is -2.25. The number of carbonyl (C=O) groups excluding carboxylic acids is 1. The van der Waals surface area contributed by atoms with E-state index in [0.717, 1.165) is 17.5 Å². The molecule has 3 rings (SSSR count). The zero-order valence-corrected chi connectivity index (χ0v) is 14.0. The van der Waals surface area contributed by atoms with Crippen LogP contribution in [0.3, 0.4) is 0 Å². The van der Waals surface area contributed by atoms with Crippen LogP contribution in [0.1, 0.15) is 35.3 Å². The number of rotatable bonds is 2. The lowest BCUT2D eigenvalue weighted by atomic mass is 9.89. The van der Waals surface area contributed by atoms with Gasteiger partial charge in [0.05, 0.1) is 10.5 Å². The molecule has 0 unspecified atom stereocenters. The maximum Gasteiger partial charge on any atom is 0.299 e. The molecule has 0 saturated heterocycles. The van der Waals surface area contributed by atoms with Gasteiger partial charge in [-0.1, -0.05) is 30.3 Å². The van der Waals surface area contributed by atoms with Crippen molar-refractivity contribution < 1.29 is 14.7 Å². The fourth-order valence-electron chi connectivity index (χ4n) is 2.95. The van der Waals surface area contributed by atoms with Gasteiger partial charge in [-0.15, -0.1) is 0 Å². The smallest absolute Gasteiger partial charge is 0.267 e. The molecule has 1 heterocycles. The molecule has 3 N–H and O–H groups in total. The van der Waals surface area contributed by atoms with Crippen LogP contribution in [0.25, 0.3) is 0 Å². The Hall–Kier alpha value is -3.22. The fourth-order valence-corrected chi connectivity index (χ4v) is 2.95. The number of nitrogens with one attached hydrogen (secondary N) is 3. The number of hydrogen-bond acceptors (Lipinski definition) is 4. The first-order valence-electron chi connectivity index (χ1n) is 7.90. The number of nitro groups is 1. The van der Waals surface area contributed by atoms with E-state index in [-0.39, 0.29) is 16.8 Å². The third kappa shape index (κ3) is 3.50. The first-order valence-corrected chi connectivity index (χ1v) is 7.90. The Morgan fingerprint density at radius 2 is 1.84 bits per heavy atom. The zero-order valence-electron chi connectivity index (χ0n) is 14.0. The molecule has 128 valence electrons. The summed E-state index contributed by atoms with van der Waals surface area (Å²) in [5, 5.41) is 11.1. The van der Waals surface area contributed by atoms with Gasteiger partial charge in [0.2, 0.25) is 0 Å². The molecule has 0 saturated carbocycles. The lowest BCUT2D eigenvalue weighted by molar-refractivity contribution is -0.547. The molecular weight excluding hydrogens is 320 g/mol. The minimum Gasteiger partial charge on any atom is -0.267 e. The van der Waals surface area contributed by atoms with Crippen molar-refractivity contribution in [2.24, 2.45) is 0 Å². The number of hydrazine groups is 1. The summed E-state index contributed by atoms with van der Waals surface area (Å²) < 4.78 is 0. The average Bonchev–Trinajstić information content (AvgIpc) is 2.58. The molecule has 1 amide bonds. The Kier molecular flexibility index (Phi) is 4.22. The van der Waals surface area contributed by atoms with Crippen molar-refractivity contribution in [1.82, 2.24) is 10.9 Å². The van der Waals surface area contributed by atoms with Gasteiger partial charge in [-0.3, -0.25) is 19.9 Å². The summed E-state index contributed by atoms with van der Waals surface area (Å²) in [6.07, 6.45) is 0.854. The topological polar surface area (TPSA) is 98.2 Å². The van der Waals surface area contributed by atoms with Gasteiger partial charge in [-0.05, 0) is 31.5 Å². The molecule has 2 aromatic carbocycles. The second-order valence-electron chi connectivity index (χ2n) is 6.57. The summed E-state index contributed by atoms with van der Waals surface area (Å²) in [7, 11) is 0. The lowest BCUT2D eigenvalue weighted by Crippen LogP contribution is -2.90. The van der Waals surface area contributed by atoms with Crippen molar-refractivity contribution in [2.45, 2.75) is 25.8 Å². The molecule has 7 nitrogen and oxygen atoms in total. The molecular formula is C18H19N4O3+. The van der Waals surface area contributed by atoms with Gasteiger partial charge in [-0.25, -0.2) is 0 Å². The summed E-state index contributed by atoms with van der Waals surface area (Å²) in [6, 6.07) is 13.7. The highest BCUT2D eigenvalue weighted by Gasteiger charge is 2.31. The summed E-state index contributed by atoms with van der Waals surface area (Å²) in [5.74, 6) is 0.0984. The first kappa shape index (κ1) is 16.6. The molecule has 0 aliphatic carbocycles. The highest BCUT2D eigenvalue weighted by atomic mass is 16.6. The van der Waals surface area contributed by atoms with Gasteiger partial charge in [0.15, 0.2) is 0 Å². The molecule has 0 atom stereocenters. The van der Waals surface area contributed by atoms with E-state index in [9.17, 15) is 14.9 Å². The van der Waals surface area contributed by atoms with E-state index >= 15 is 0 Å². The van der Waals surface area contributed by atoms with Crippen LogP contribution in [-0.2, 0) is 6.42 Å². The van der Waals surface area contributed by atoms with Gasteiger partial charge >= 0.3 is 0 Å². The number of fused-ring (bicyclic) bond motifs is 1. The van der Waals surface area contributed by atoms with Gasteiger partial charge in [0.25, 0.3) is 17.4 Å². The monoisotopic (exact) mass is 339 g/mol. The van der Waals surface area contributed by atoms with Gasteiger partial charge in [-0.2, -0.15) is 10.9 Å². The Morgan fingerprint density at radius 1 is 1.16 bits per heavy atom. The highest BCUT2D eigenvalue weighted by Crippen LogP contribution is 2.18. The Bertz CT molecular complexity index is 874. The molecule has 1 aliphatic heterocycles. The predicted octanol–water partition coefficient (Wildman–Crippen LogP) is 0.691. The number of nitro benzene ring substituents is 1. The summed E-state index contributed by atoms with van der Waals surface area (Å²) >= 11 is 0. The molecule has 0 radical (unpaired) electrons. The number of nitrogens with zero attached hydrogens (tertiary/aromatic N) is 1. The van der Waals surface area contributed by atoms with E-state index < -0.39 is 10.8 Å².